The first-order chi connectivity index (χ1) is 6.27. The quantitative estimate of drug-likeness (QED) is 0.779. The molecule has 0 bridgehead atoms. The largest absolute Gasteiger partial charge is 0.198 e. The number of aryl methyl sites for hydroxylation is 1. The van der Waals surface area contributed by atoms with E-state index in [-0.39, 0.29) is 0 Å². The minimum absolute atomic E-state index is 0.574. The van der Waals surface area contributed by atoms with Crippen LogP contribution in [0.1, 0.15) is 17.5 Å². The van der Waals surface area contributed by atoms with Gasteiger partial charge in [0.1, 0.15) is 0 Å². The van der Waals surface area contributed by atoms with Gasteiger partial charge in [0, 0.05) is 16.2 Å². The molecule has 1 nitrogen and oxygen atoms in total. The van der Waals surface area contributed by atoms with Crippen molar-refractivity contribution in [3.63, 3.8) is 0 Å². The first kappa shape index (κ1) is 10.7. The number of halogens is 2. The molecule has 13 heavy (non-hydrogen) atoms. The molecule has 0 saturated carbocycles. The average Bonchev–Trinajstić information content (AvgIpc) is 2.17. The molecule has 0 aliphatic carbocycles. The highest BCUT2D eigenvalue weighted by molar-refractivity contribution is 9.10. The summed E-state index contributed by atoms with van der Waals surface area (Å²) in [5, 5.41) is 9.33. The number of rotatable bonds is 3. The Balaban J connectivity index is 2.85. The average molecular weight is 303 g/mol. The first-order valence-corrected chi connectivity index (χ1v) is 5.89. The second-order valence-corrected chi connectivity index (χ2v) is 4.13. The molecule has 3 heteroatoms. The lowest BCUT2D eigenvalue weighted by Gasteiger charge is -2.03. The molecule has 0 spiro atoms. The van der Waals surface area contributed by atoms with E-state index in [9.17, 15) is 0 Å². The van der Waals surface area contributed by atoms with Crippen molar-refractivity contribution < 1.29 is 0 Å². The van der Waals surface area contributed by atoms with E-state index in [1.165, 1.54) is 11.1 Å². The Bertz CT molecular complexity index is 328. The van der Waals surface area contributed by atoms with E-state index in [1.54, 1.807) is 0 Å². The molecule has 1 aromatic carbocycles. The summed E-state index contributed by atoms with van der Waals surface area (Å²) in [6.45, 7) is 0. The second-order valence-electron chi connectivity index (χ2n) is 2.72. The van der Waals surface area contributed by atoms with Crippen molar-refractivity contribution in [1.82, 2.24) is 0 Å². The predicted molar refractivity (Wildman–Crippen MR) is 60.7 cm³/mol. The molecule has 0 aliphatic rings. The lowest BCUT2D eigenvalue weighted by molar-refractivity contribution is 1.000. The van der Waals surface area contributed by atoms with Gasteiger partial charge in [0.15, 0.2) is 0 Å². The van der Waals surface area contributed by atoms with Crippen LogP contribution in [0.25, 0.3) is 0 Å². The third-order valence-corrected chi connectivity index (χ3v) is 3.19. The van der Waals surface area contributed by atoms with Crippen molar-refractivity contribution in [3.05, 3.63) is 33.8 Å². The molecular formula is C10H9Br2N. The van der Waals surface area contributed by atoms with Crippen LogP contribution >= 0.6 is 31.9 Å². The molecule has 68 valence electrons. The molecule has 0 aromatic heterocycles. The monoisotopic (exact) mass is 301 g/mol. The fourth-order valence-electron chi connectivity index (χ4n) is 1.09. The predicted octanol–water partition coefficient (Wildman–Crippen LogP) is 3.80. The molecule has 0 unspecified atom stereocenters. The topological polar surface area (TPSA) is 23.8 Å². The number of nitriles is 1. The molecule has 0 atom stereocenters. The van der Waals surface area contributed by atoms with Crippen LogP contribution in [-0.2, 0) is 11.8 Å². The van der Waals surface area contributed by atoms with Gasteiger partial charge in [-0.2, -0.15) is 5.26 Å². The Morgan fingerprint density at radius 3 is 2.77 bits per heavy atom. The summed E-state index contributed by atoms with van der Waals surface area (Å²) in [7, 11) is 0. The highest BCUT2D eigenvalue weighted by Gasteiger charge is 2.00. The normalized spacial score (nSPS) is 9.62. The van der Waals surface area contributed by atoms with Crippen molar-refractivity contribution in [2.75, 3.05) is 0 Å². The Labute approximate surface area is 95.0 Å². The van der Waals surface area contributed by atoms with Gasteiger partial charge in [-0.15, -0.1) is 0 Å². The van der Waals surface area contributed by atoms with E-state index in [1.807, 2.05) is 6.07 Å². The van der Waals surface area contributed by atoms with Gasteiger partial charge in [-0.25, -0.2) is 0 Å². The van der Waals surface area contributed by atoms with Gasteiger partial charge in [-0.3, -0.25) is 0 Å². The molecule has 1 rings (SSSR count). The summed E-state index contributed by atoms with van der Waals surface area (Å²) in [5.74, 6) is 0. The van der Waals surface area contributed by atoms with E-state index in [0.29, 0.717) is 6.42 Å². The summed E-state index contributed by atoms with van der Waals surface area (Å²) in [4.78, 5) is 0. The highest BCUT2D eigenvalue weighted by atomic mass is 79.9. The number of nitrogens with zero attached hydrogens (tertiary/aromatic N) is 1. The Morgan fingerprint density at radius 1 is 1.38 bits per heavy atom. The number of alkyl halides is 1. The standard InChI is InChI=1S/C10H9Br2N/c11-7-8-3-4-10(12)9(6-8)2-1-5-13/h3-4,6H,1-2,7H2. The molecule has 0 radical (unpaired) electrons. The summed E-state index contributed by atoms with van der Waals surface area (Å²) >= 11 is 6.87. The lowest BCUT2D eigenvalue weighted by atomic mass is 10.1. The molecule has 0 fully saturated rings. The molecule has 1 aromatic rings. The van der Waals surface area contributed by atoms with Gasteiger partial charge in [-0.1, -0.05) is 44.0 Å². The highest BCUT2D eigenvalue weighted by Crippen LogP contribution is 2.20. The Hall–Kier alpha value is -0.330. The van der Waals surface area contributed by atoms with Crippen LogP contribution in [0.15, 0.2) is 22.7 Å². The van der Waals surface area contributed by atoms with Crippen LogP contribution < -0.4 is 0 Å². The van der Waals surface area contributed by atoms with Gasteiger partial charge >= 0.3 is 0 Å². The van der Waals surface area contributed by atoms with E-state index < -0.39 is 0 Å². The molecule has 0 aliphatic heterocycles. The Kier molecular flexibility index (Phi) is 4.47. The van der Waals surface area contributed by atoms with Gasteiger partial charge in [0.25, 0.3) is 0 Å². The molecular weight excluding hydrogens is 294 g/mol. The van der Waals surface area contributed by atoms with Gasteiger partial charge < -0.3 is 0 Å². The maximum absolute atomic E-state index is 8.47. The zero-order chi connectivity index (χ0) is 9.68. The first-order valence-electron chi connectivity index (χ1n) is 3.98. The van der Waals surface area contributed by atoms with Crippen molar-refractivity contribution in [2.45, 2.75) is 18.2 Å². The van der Waals surface area contributed by atoms with Crippen LogP contribution in [-0.4, -0.2) is 0 Å². The number of hydrogen-bond acceptors (Lipinski definition) is 1. The van der Waals surface area contributed by atoms with Crippen molar-refractivity contribution >= 4 is 31.9 Å². The summed E-state index contributed by atoms with van der Waals surface area (Å²) in [5.41, 5.74) is 2.45. The lowest BCUT2D eigenvalue weighted by Crippen LogP contribution is -1.88. The van der Waals surface area contributed by atoms with Gasteiger partial charge in [0.05, 0.1) is 6.07 Å². The zero-order valence-electron chi connectivity index (χ0n) is 7.06. The van der Waals surface area contributed by atoms with E-state index >= 15 is 0 Å². The van der Waals surface area contributed by atoms with E-state index in [2.05, 4.69) is 50.1 Å². The molecule has 0 N–H and O–H groups in total. The van der Waals surface area contributed by atoms with Crippen LogP contribution in [0, 0.1) is 11.3 Å². The van der Waals surface area contributed by atoms with Crippen molar-refractivity contribution in [1.29, 1.82) is 5.26 Å². The van der Waals surface area contributed by atoms with Crippen molar-refractivity contribution in [3.8, 4) is 6.07 Å². The molecule has 0 amide bonds. The van der Waals surface area contributed by atoms with Crippen molar-refractivity contribution in [2.24, 2.45) is 0 Å². The minimum atomic E-state index is 0.574. The van der Waals surface area contributed by atoms with E-state index in [0.717, 1.165) is 16.2 Å². The Morgan fingerprint density at radius 2 is 2.15 bits per heavy atom. The fraction of sp³-hybridized carbons (Fsp3) is 0.300. The van der Waals surface area contributed by atoms with Gasteiger partial charge in [-0.05, 0) is 23.6 Å². The zero-order valence-corrected chi connectivity index (χ0v) is 10.2. The maximum Gasteiger partial charge on any atom is 0.0625 e. The summed E-state index contributed by atoms with van der Waals surface area (Å²) in [6.07, 6.45) is 1.39. The minimum Gasteiger partial charge on any atom is -0.198 e. The summed E-state index contributed by atoms with van der Waals surface area (Å²) in [6, 6.07) is 8.36. The fourth-order valence-corrected chi connectivity index (χ4v) is 1.89. The molecule has 0 heterocycles. The van der Waals surface area contributed by atoms with Crippen LogP contribution in [0.4, 0.5) is 0 Å². The number of benzene rings is 1. The number of hydrogen-bond donors (Lipinski definition) is 0. The van der Waals surface area contributed by atoms with Crippen LogP contribution in [0.3, 0.4) is 0 Å². The van der Waals surface area contributed by atoms with Crippen LogP contribution in [0.2, 0.25) is 0 Å². The maximum atomic E-state index is 8.47. The SMILES string of the molecule is N#CCCc1cc(CBr)ccc1Br. The smallest absolute Gasteiger partial charge is 0.0625 e. The van der Waals surface area contributed by atoms with E-state index in [4.69, 9.17) is 5.26 Å². The summed E-state index contributed by atoms with van der Waals surface area (Å²) < 4.78 is 1.09. The third kappa shape index (κ3) is 3.13. The molecule has 0 saturated heterocycles. The second kappa shape index (κ2) is 5.41. The third-order valence-electron chi connectivity index (χ3n) is 1.77. The van der Waals surface area contributed by atoms with Crippen LogP contribution in [0.5, 0.6) is 0 Å². The van der Waals surface area contributed by atoms with Gasteiger partial charge in [0.2, 0.25) is 0 Å².